The Balaban J connectivity index is 1.87. The highest BCUT2D eigenvalue weighted by Gasteiger charge is 2.32. The predicted octanol–water partition coefficient (Wildman–Crippen LogP) is 2.66. The molecule has 3 rings (SSSR count). The summed E-state index contributed by atoms with van der Waals surface area (Å²) in [7, 11) is 0. The molecule has 1 unspecified atom stereocenters. The maximum atomic E-state index is 12.7. The van der Waals surface area contributed by atoms with Crippen molar-refractivity contribution in [3.8, 4) is 0 Å². The van der Waals surface area contributed by atoms with Gasteiger partial charge in [-0.25, -0.2) is 9.78 Å². The van der Waals surface area contributed by atoms with E-state index in [1.807, 2.05) is 19.1 Å². The van der Waals surface area contributed by atoms with Crippen molar-refractivity contribution in [2.75, 3.05) is 6.54 Å². The maximum Gasteiger partial charge on any atom is 0.354 e. The number of nitrogens with zero attached hydrogens (tertiary/aromatic N) is 2. The molecule has 2 aromatic rings. The second kappa shape index (κ2) is 5.63. The van der Waals surface area contributed by atoms with Crippen molar-refractivity contribution in [2.24, 2.45) is 0 Å². The third kappa shape index (κ3) is 2.59. The molecule has 22 heavy (non-hydrogen) atoms. The van der Waals surface area contributed by atoms with E-state index in [1.54, 1.807) is 4.90 Å². The molecule has 1 aliphatic rings. The number of hydrogen-bond donors (Lipinski definition) is 1. The summed E-state index contributed by atoms with van der Waals surface area (Å²) in [4.78, 5) is 29.1. The van der Waals surface area contributed by atoms with Gasteiger partial charge in [-0.2, -0.15) is 0 Å². The van der Waals surface area contributed by atoms with Crippen LogP contribution in [0.1, 0.15) is 51.3 Å². The van der Waals surface area contributed by atoms with Gasteiger partial charge in [0.05, 0.1) is 6.04 Å². The average Bonchev–Trinajstić information content (AvgIpc) is 3.15. The van der Waals surface area contributed by atoms with E-state index in [0.717, 1.165) is 24.4 Å². The van der Waals surface area contributed by atoms with Crippen LogP contribution in [-0.4, -0.2) is 33.4 Å². The molecule has 0 spiro atoms. The normalized spacial score (nSPS) is 17.7. The van der Waals surface area contributed by atoms with E-state index >= 15 is 0 Å². The predicted molar refractivity (Wildman–Crippen MR) is 77.7 cm³/mol. The number of carbonyl (C=O) groups excluding carboxylic acids is 1. The van der Waals surface area contributed by atoms with E-state index in [4.69, 9.17) is 9.52 Å². The maximum absolute atomic E-state index is 12.7. The molecule has 114 valence electrons. The summed E-state index contributed by atoms with van der Waals surface area (Å²) in [6.45, 7) is 2.50. The summed E-state index contributed by atoms with van der Waals surface area (Å²) in [6.07, 6.45) is 3.08. The fraction of sp³-hybridized carbons (Fsp3) is 0.312. The Labute approximate surface area is 127 Å². The number of likely N-dealkylation sites (tertiary alicyclic amines) is 1. The molecule has 1 amide bonds. The molecular weight excluding hydrogens is 284 g/mol. The molecule has 6 heteroatoms. The van der Waals surface area contributed by atoms with Crippen LogP contribution in [-0.2, 0) is 0 Å². The molecule has 1 aliphatic heterocycles. The number of aromatic nitrogens is 1. The highest BCUT2D eigenvalue weighted by Crippen LogP contribution is 2.34. The Morgan fingerprint density at radius 3 is 2.86 bits per heavy atom. The molecule has 1 fully saturated rings. The average molecular weight is 300 g/mol. The largest absolute Gasteiger partial charge is 0.477 e. The summed E-state index contributed by atoms with van der Waals surface area (Å²) >= 11 is 0. The SMILES string of the molecule is Cc1ccc(C2CCCN2C(=O)c2ccnc(C(=O)O)c2)o1. The molecule has 1 atom stereocenters. The zero-order valence-electron chi connectivity index (χ0n) is 12.2. The summed E-state index contributed by atoms with van der Waals surface area (Å²) in [5, 5.41) is 8.99. The number of carbonyl (C=O) groups is 2. The first-order valence-corrected chi connectivity index (χ1v) is 7.13. The zero-order valence-corrected chi connectivity index (χ0v) is 12.2. The molecule has 1 saturated heterocycles. The van der Waals surface area contributed by atoms with Gasteiger partial charge in [-0.15, -0.1) is 0 Å². The van der Waals surface area contributed by atoms with Crippen LogP contribution in [0.15, 0.2) is 34.9 Å². The first kappa shape index (κ1) is 14.3. The molecule has 0 aliphatic carbocycles. The van der Waals surface area contributed by atoms with Gasteiger partial charge < -0.3 is 14.4 Å². The van der Waals surface area contributed by atoms with Crippen molar-refractivity contribution in [1.82, 2.24) is 9.88 Å². The topological polar surface area (TPSA) is 83.6 Å². The lowest BCUT2D eigenvalue weighted by molar-refractivity contribution is 0.0690. The summed E-state index contributed by atoms with van der Waals surface area (Å²) in [6, 6.07) is 6.53. The van der Waals surface area contributed by atoms with Crippen molar-refractivity contribution in [1.29, 1.82) is 0 Å². The molecule has 3 heterocycles. The smallest absolute Gasteiger partial charge is 0.354 e. The van der Waals surface area contributed by atoms with Crippen molar-refractivity contribution >= 4 is 11.9 Å². The lowest BCUT2D eigenvalue weighted by Crippen LogP contribution is -2.30. The highest BCUT2D eigenvalue weighted by atomic mass is 16.4. The van der Waals surface area contributed by atoms with E-state index in [0.29, 0.717) is 12.1 Å². The monoisotopic (exact) mass is 300 g/mol. The Kier molecular flexibility index (Phi) is 3.66. The number of rotatable bonds is 3. The zero-order chi connectivity index (χ0) is 15.7. The van der Waals surface area contributed by atoms with Crippen LogP contribution in [0.25, 0.3) is 0 Å². The number of aromatic carboxylic acids is 1. The molecule has 0 bridgehead atoms. The fourth-order valence-corrected chi connectivity index (χ4v) is 2.78. The van der Waals surface area contributed by atoms with Crippen LogP contribution in [0, 0.1) is 6.92 Å². The van der Waals surface area contributed by atoms with Gasteiger partial charge in [-0.3, -0.25) is 4.79 Å². The van der Waals surface area contributed by atoms with Gasteiger partial charge in [-0.05, 0) is 44.0 Å². The minimum atomic E-state index is -1.14. The van der Waals surface area contributed by atoms with Gasteiger partial charge >= 0.3 is 5.97 Å². The molecule has 0 radical (unpaired) electrons. The number of pyridine rings is 1. The van der Waals surface area contributed by atoms with Crippen molar-refractivity contribution in [3.05, 3.63) is 53.2 Å². The third-order valence-corrected chi connectivity index (χ3v) is 3.83. The van der Waals surface area contributed by atoms with Gasteiger partial charge in [0.1, 0.15) is 17.2 Å². The Morgan fingerprint density at radius 1 is 1.36 bits per heavy atom. The second-order valence-corrected chi connectivity index (χ2v) is 5.34. The van der Waals surface area contributed by atoms with Crippen LogP contribution in [0.2, 0.25) is 0 Å². The van der Waals surface area contributed by atoms with E-state index < -0.39 is 5.97 Å². The Morgan fingerprint density at radius 2 is 2.18 bits per heavy atom. The quantitative estimate of drug-likeness (QED) is 0.942. The number of carboxylic acids is 1. The Bertz CT molecular complexity index is 722. The molecule has 0 saturated carbocycles. The minimum absolute atomic E-state index is 0.0948. The van der Waals surface area contributed by atoms with Gasteiger partial charge in [0.25, 0.3) is 5.91 Å². The van der Waals surface area contributed by atoms with Crippen molar-refractivity contribution in [3.63, 3.8) is 0 Å². The van der Waals surface area contributed by atoms with Crippen LogP contribution < -0.4 is 0 Å². The Hall–Kier alpha value is -2.63. The molecular formula is C16H16N2O4. The van der Waals surface area contributed by atoms with E-state index in [1.165, 1.54) is 18.3 Å². The second-order valence-electron chi connectivity index (χ2n) is 5.34. The minimum Gasteiger partial charge on any atom is -0.477 e. The number of hydrogen-bond acceptors (Lipinski definition) is 4. The van der Waals surface area contributed by atoms with Gasteiger partial charge in [0.2, 0.25) is 0 Å². The highest BCUT2D eigenvalue weighted by molar-refractivity contribution is 5.97. The lowest BCUT2D eigenvalue weighted by Gasteiger charge is -2.23. The summed E-state index contributed by atoms with van der Waals surface area (Å²) in [5.41, 5.74) is 0.206. The van der Waals surface area contributed by atoms with Crippen LogP contribution in [0.4, 0.5) is 0 Å². The number of aryl methyl sites for hydroxylation is 1. The molecule has 2 aromatic heterocycles. The van der Waals surface area contributed by atoms with Gasteiger partial charge in [0, 0.05) is 18.3 Å². The van der Waals surface area contributed by atoms with Gasteiger partial charge in [-0.1, -0.05) is 0 Å². The molecule has 0 aromatic carbocycles. The molecule has 1 N–H and O–H groups in total. The summed E-state index contributed by atoms with van der Waals surface area (Å²) < 4.78 is 5.65. The van der Waals surface area contributed by atoms with Crippen molar-refractivity contribution < 1.29 is 19.1 Å². The number of carboxylic acid groups (broad SMARTS) is 1. The fourth-order valence-electron chi connectivity index (χ4n) is 2.78. The number of furan rings is 1. The van der Waals surface area contributed by atoms with Crippen molar-refractivity contribution in [2.45, 2.75) is 25.8 Å². The van der Waals surface area contributed by atoms with E-state index in [-0.39, 0.29) is 17.6 Å². The first-order valence-electron chi connectivity index (χ1n) is 7.13. The third-order valence-electron chi connectivity index (χ3n) is 3.83. The first-order chi connectivity index (χ1) is 10.6. The number of amides is 1. The van der Waals surface area contributed by atoms with E-state index in [2.05, 4.69) is 4.98 Å². The summed E-state index contributed by atoms with van der Waals surface area (Å²) in [5.74, 6) is 0.248. The van der Waals surface area contributed by atoms with Gasteiger partial charge in [0.15, 0.2) is 0 Å². The standard InChI is InChI=1S/C16H16N2O4/c1-10-4-5-14(22-10)13-3-2-8-18(13)15(19)11-6-7-17-12(9-11)16(20)21/h4-7,9,13H,2-3,8H2,1H3,(H,20,21). The van der Waals surface area contributed by atoms with Crippen LogP contribution in [0.5, 0.6) is 0 Å². The van der Waals surface area contributed by atoms with Crippen LogP contribution >= 0.6 is 0 Å². The van der Waals surface area contributed by atoms with E-state index in [9.17, 15) is 9.59 Å². The lowest BCUT2D eigenvalue weighted by atomic mass is 10.1. The van der Waals surface area contributed by atoms with Crippen LogP contribution in [0.3, 0.4) is 0 Å². The molecule has 6 nitrogen and oxygen atoms in total.